The molecule has 4 rings (SSSR count). The van der Waals surface area contributed by atoms with Crippen LogP contribution in [0.5, 0.6) is 0 Å². The molecular weight excluding hydrogens is 299 g/mol. The van der Waals surface area contributed by atoms with Gasteiger partial charge in [0.1, 0.15) is 6.17 Å². The average molecular weight is 337 g/mol. The van der Waals surface area contributed by atoms with E-state index in [1.807, 2.05) is 6.92 Å². The Morgan fingerprint density at radius 2 is 1.67 bits per heavy atom. The Bertz CT molecular complexity index is 486. The minimum Gasteiger partial charge on any atom is -0.390 e. The lowest BCUT2D eigenvalue weighted by Crippen LogP contribution is -2.50. The fourth-order valence-corrected chi connectivity index (χ4v) is 8.27. The summed E-state index contributed by atoms with van der Waals surface area (Å²) in [7, 11) is 0. The van der Waals surface area contributed by atoms with Gasteiger partial charge in [-0.15, -0.1) is 0 Å². The normalized spacial score (nSPS) is 57.4. The maximum absolute atomic E-state index is 14.9. The summed E-state index contributed by atoms with van der Waals surface area (Å²) >= 11 is 0. The Balaban J connectivity index is 1.57. The molecule has 1 nitrogen and oxygen atoms in total. The van der Waals surface area contributed by atoms with Crippen LogP contribution in [0.2, 0.25) is 0 Å². The van der Waals surface area contributed by atoms with Crippen LogP contribution in [0.15, 0.2) is 0 Å². The SMILES string of the molecule is CC(C)C1[C@H](F)C[C@H]2[C@@H]3CCC4C[C@](C)(O)CC[C@@H]4[C@H]3CC[C@]12C. The van der Waals surface area contributed by atoms with E-state index >= 15 is 0 Å². The Kier molecular flexibility index (Phi) is 4.11. The van der Waals surface area contributed by atoms with Crippen LogP contribution >= 0.6 is 0 Å². The molecule has 0 aromatic carbocycles. The van der Waals surface area contributed by atoms with E-state index in [-0.39, 0.29) is 11.3 Å². The molecule has 0 radical (unpaired) electrons. The zero-order valence-electron chi connectivity index (χ0n) is 16.1. The zero-order chi connectivity index (χ0) is 17.3. The van der Waals surface area contributed by atoms with Gasteiger partial charge < -0.3 is 5.11 Å². The molecular formula is C22H37FO. The van der Waals surface area contributed by atoms with Crippen molar-refractivity contribution < 1.29 is 9.50 Å². The highest BCUT2D eigenvalue weighted by atomic mass is 19.1. The topological polar surface area (TPSA) is 20.2 Å². The van der Waals surface area contributed by atoms with Gasteiger partial charge in [-0.05, 0) is 105 Å². The molecule has 1 N–H and O–H groups in total. The van der Waals surface area contributed by atoms with Crippen molar-refractivity contribution in [1.82, 2.24) is 0 Å². The van der Waals surface area contributed by atoms with Crippen molar-refractivity contribution >= 4 is 0 Å². The number of alkyl halides is 1. The molecule has 138 valence electrons. The fourth-order valence-electron chi connectivity index (χ4n) is 8.27. The molecule has 0 saturated heterocycles. The smallest absolute Gasteiger partial charge is 0.104 e. The van der Waals surface area contributed by atoms with Crippen LogP contribution in [0.1, 0.15) is 79.1 Å². The third kappa shape index (κ3) is 2.49. The van der Waals surface area contributed by atoms with Gasteiger partial charge in [0.25, 0.3) is 0 Å². The molecule has 0 aliphatic heterocycles. The van der Waals surface area contributed by atoms with Crippen LogP contribution in [0.4, 0.5) is 4.39 Å². The number of hydrogen-bond acceptors (Lipinski definition) is 1. The van der Waals surface area contributed by atoms with Crippen LogP contribution in [-0.4, -0.2) is 16.9 Å². The van der Waals surface area contributed by atoms with Gasteiger partial charge in [0.05, 0.1) is 5.60 Å². The summed E-state index contributed by atoms with van der Waals surface area (Å²) < 4.78 is 14.9. The van der Waals surface area contributed by atoms with Crippen molar-refractivity contribution in [2.45, 2.75) is 90.8 Å². The van der Waals surface area contributed by atoms with Crippen molar-refractivity contribution in [1.29, 1.82) is 0 Å². The molecule has 0 aromatic rings. The molecule has 9 atom stereocenters. The zero-order valence-corrected chi connectivity index (χ0v) is 16.1. The van der Waals surface area contributed by atoms with Crippen molar-refractivity contribution in [2.24, 2.45) is 46.8 Å². The standard InChI is InChI=1S/C22H37FO/c1-13(2)20-19(23)11-18-17-6-5-14-12-21(3,24)9-7-15(14)16(17)8-10-22(18,20)4/h13-20,24H,5-12H2,1-4H3/t14?,15-,16+,17+,18-,19+,20?,21+,22-/m0/s1. The molecule has 0 amide bonds. The lowest BCUT2D eigenvalue weighted by molar-refractivity contribution is -0.102. The van der Waals surface area contributed by atoms with E-state index in [9.17, 15) is 9.50 Å². The van der Waals surface area contributed by atoms with Gasteiger partial charge in [-0.2, -0.15) is 0 Å². The molecule has 0 aromatic heterocycles. The maximum Gasteiger partial charge on any atom is 0.104 e. The number of aliphatic hydroxyl groups is 1. The minimum atomic E-state index is -0.580. The largest absolute Gasteiger partial charge is 0.390 e. The summed E-state index contributed by atoms with van der Waals surface area (Å²) in [6.45, 7) is 8.93. The lowest BCUT2D eigenvalue weighted by atomic mass is 9.48. The van der Waals surface area contributed by atoms with Crippen molar-refractivity contribution in [3.05, 3.63) is 0 Å². The summed E-state index contributed by atoms with van der Waals surface area (Å²) in [5.74, 6) is 4.46. The Morgan fingerprint density at radius 3 is 2.38 bits per heavy atom. The highest BCUT2D eigenvalue weighted by Crippen LogP contribution is 2.66. The molecule has 0 heterocycles. The lowest BCUT2D eigenvalue weighted by Gasteiger charge is -2.57. The van der Waals surface area contributed by atoms with Gasteiger partial charge in [-0.1, -0.05) is 20.8 Å². The maximum atomic E-state index is 14.9. The second kappa shape index (κ2) is 5.69. The molecule has 0 spiro atoms. The number of hydrogen-bond donors (Lipinski definition) is 1. The third-order valence-electron chi connectivity index (χ3n) is 9.02. The number of rotatable bonds is 1. The van der Waals surface area contributed by atoms with Gasteiger partial charge in [0.15, 0.2) is 0 Å². The summed E-state index contributed by atoms with van der Waals surface area (Å²) in [5, 5.41) is 10.5. The molecule has 24 heavy (non-hydrogen) atoms. The van der Waals surface area contributed by atoms with Crippen LogP contribution in [-0.2, 0) is 0 Å². The quantitative estimate of drug-likeness (QED) is 0.660. The van der Waals surface area contributed by atoms with E-state index in [4.69, 9.17) is 0 Å². The molecule has 4 saturated carbocycles. The molecule has 4 aliphatic carbocycles. The monoisotopic (exact) mass is 336 g/mol. The van der Waals surface area contributed by atoms with E-state index in [1.165, 1.54) is 32.1 Å². The molecule has 2 unspecified atom stereocenters. The highest BCUT2D eigenvalue weighted by Gasteiger charge is 2.60. The first kappa shape index (κ1) is 17.3. The Morgan fingerprint density at radius 1 is 0.958 bits per heavy atom. The molecule has 2 heteroatoms. The Hall–Kier alpha value is -0.110. The van der Waals surface area contributed by atoms with E-state index in [0.29, 0.717) is 11.8 Å². The highest BCUT2D eigenvalue weighted by molar-refractivity contribution is 5.09. The predicted molar refractivity (Wildman–Crippen MR) is 96.3 cm³/mol. The second-order valence-corrected chi connectivity index (χ2v) is 10.7. The van der Waals surface area contributed by atoms with E-state index in [1.54, 1.807) is 0 Å². The summed E-state index contributed by atoms with van der Waals surface area (Å²) in [6.07, 6.45) is 8.55. The minimum absolute atomic E-state index is 0.238. The molecule has 4 aliphatic rings. The first-order valence-electron chi connectivity index (χ1n) is 10.6. The average Bonchev–Trinajstić information content (AvgIpc) is 2.76. The predicted octanol–water partition coefficient (Wildman–Crippen LogP) is 5.61. The summed E-state index contributed by atoms with van der Waals surface area (Å²) in [4.78, 5) is 0. The van der Waals surface area contributed by atoms with Crippen LogP contribution < -0.4 is 0 Å². The number of fused-ring (bicyclic) bond motifs is 5. The van der Waals surface area contributed by atoms with Gasteiger partial charge in [-0.3, -0.25) is 0 Å². The first-order chi connectivity index (χ1) is 11.2. The molecule has 4 fully saturated rings. The van der Waals surface area contributed by atoms with E-state index in [0.717, 1.165) is 42.9 Å². The van der Waals surface area contributed by atoms with Crippen molar-refractivity contribution in [3.63, 3.8) is 0 Å². The van der Waals surface area contributed by atoms with Crippen LogP contribution in [0.3, 0.4) is 0 Å². The van der Waals surface area contributed by atoms with E-state index < -0.39 is 11.8 Å². The van der Waals surface area contributed by atoms with Crippen molar-refractivity contribution in [3.8, 4) is 0 Å². The Labute approximate surface area is 147 Å². The van der Waals surface area contributed by atoms with Gasteiger partial charge in [0.2, 0.25) is 0 Å². The van der Waals surface area contributed by atoms with Crippen LogP contribution in [0, 0.1) is 46.8 Å². The summed E-state index contributed by atoms with van der Waals surface area (Å²) in [5.41, 5.74) is -0.195. The van der Waals surface area contributed by atoms with Gasteiger partial charge >= 0.3 is 0 Å². The van der Waals surface area contributed by atoms with E-state index in [2.05, 4.69) is 20.8 Å². The fraction of sp³-hybridized carbons (Fsp3) is 1.00. The molecule has 0 bridgehead atoms. The number of halogens is 1. The van der Waals surface area contributed by atoms with Gasteiger partial charge in [-0.25, -0.2) is 4.39 Å². The second-order valence-electron chi connectivity index (χ2n) is 10.7. The first-order valence-corrected chi connectivity index (χ1v) is 10.6. The van der Waals surface area contributed by atoms with Gasteiger partial charge in [0, 0.05) is 0 Å². The van der Waals surface area contributed by atoms with Crippen molar-refractivity contribution in [2.75, 3.05) is 0 Å². The summed E-state index contributed by atoms with van der Waals surface area (Å²) in [6, 6.07) is 0. The van der Waals surface area contributed by atoms with Crippen LogP contribution in [0.25, 0.3) is 0 Å². The third-order valence-corrected chi connectivity index (χ3v) is 9.02.